The van der Waals surface area contributed by atoms with Crippen molar-refractivity contribution >= 4 is 86.4 Å². The Morgan fingerprint density at radius 3 is 1.44 bits per heavy atom. The number of nitrogens with zero attached hydrogens (tertiary/aromatic N) is 9. The van der Waals surface area contributed by atoms with Crippen molar-refractivity contribution in [2.24, 2.45) is 30.0 Å². The van der Waals surface area contributed by atoms with Crippen molar-refractivity contribution in [1.82, 2.24) is 0 Å². The molecule has 0 atom stereocenters. The van der Waals surface area contributed by atoms with Crippen LogP contribution in [0.4, 0.5) is 60.0 Å². The lowest BCUT2D eigenvalue weighted by Gasteiger charge is -1.97. The molecule has 0 aliphatic heterocycles. The van der Waals surface area contributed by atoms with E-state index in [1.807, 2.05) is 61.5 Å². The van der Waals surface area contributed by atoms with Crippen LogP contribution >= 0.6 is 0 Å². The molecule has 0 fully saturated rings. The molecule has 0 aliphatic rings. The molecule has 0 saturated heterocycles. The molecule has 0 radical (unpaired) electrons. The fraction of sp³-hybridized carbons (Fsp3) is 0.0909. The number of hydrogen-bond acceptors (Lipinski definition) is 8. The van der Waals surface area contributed by atoms with E-state index in [-0.39, 0.29) is 24.6 Å². The highest BCUT2D eigenvalue weighted by Crippen LogP contribution is 2.24. The van der Waals surface area contributed by atoms with Crippen molar-refractivity contribution < 1.29 is 13.7 Å². The van der Waals surface area contributed by atoms with Crippen molar-refractivity contribution in [1.29, 1.82) is 0 Å². The minimum Gasteiger partial charge on any atom is -0.258 e. The Morgan fingerprint density at radius 1 is 0.529 bits per heavy atom. The summed E-state index contributed by atoms with van der Waals surface area (Å²) in [6.07, 6.45) is 2.28. The van der Waals surface area contributed by atoms with Crippen LogP contribution in [0.3, 0.4) is 0 Å². The number of aliphatic imine (C=N–C) groups is 6. The van der Waals surface area contributed by atoms with Crippen molar-refractivity contribution in [2.45, 2.75) is 34.1 Å². The number of non-ortho nitro benzene ring substituents is 1. The largest absolute Gasteiger partial charge is 0.269 e. The van der Waals surface area contributed by atoms with E-state index >= 15 is 0 Å². The van der Waals surface area contributed by atoms with E-state index in [0.717, 1.165) is 35.1 Å². The molecule has 0 unspecified atom stereocenters. The van der Waals surface area contributed by atoms with Gasteiger partial charge in [0.1, 0.15) is 11.6 Å². The zero-order valence-electron chi connectivity index (χ0n) is 37.0. The van der Waals surface area contributed by atoms with E-state index < -0.39 is 10.7 Å². The normalized spacial score (nSPS) is 8.38. The Labute approximate surface area is 397 Å². The zero-order valence-corrected chi connectivity index (χ0v) is 37.0. The molecule has 0 aromatic heterocycles. The summed E-state index contributed by atoms with van der Waals surface area (Å²) in [5.74, 6) is 13.6. The molecule has 11 nitrogen and oxygen atoms in total. The molecule has 0 N–H and O–H groups in total. The third-order valence-corrected chi connectivity index (χ3v) is 7.50. The van der Waals surface area contributed by atoms with Gasteiger partial charge in [0.15, 0.2) is 11.4 Å². The number of aryl methyl sites for hydroxylation is 2. The van der Waals surface area contributed by atoms with Gasteiger partial charge in [-0.05, 0) is 172 Å². The second-order valence-electron chi connectivity index (χ2n) is 12.5. The summed E-state index contributed by atoms with van der Waals surface area (Å²) in [6, 6.07) is 38.8. The van der Waals surface area contributed by atoms with Gasteiger partial charge in [0, 0.05) is 18.2 Å². The van der Waals surface area contributed by atoms with E-state index in [1.165, 1.54) is 60.5 Å². The number of halogens is 2. The van der Waals surface area contributed by atoms with Gasteiger partial charge >= 0.3 is 0 Å². The van der Waals surface area contributed by atoms with Crippen molar-refractivity contribution in [3.8, 4) is 0 Å². The fourth-order valence-corrected chi connectivity index (χ4v) is 4.88. The Morgan fingerprint density at radius 2 is 0.956 bits per heavy atom. The quantitative estimate of drug-likeness (QED) is 0.0620. The van der Waals surface area contributed by atoms with Crippen molar-refractivity contribution in [3.63, 3.8) is 0 Å². The second kappa shape index (κ2) is 35.7. The average molecular weight is 906 g/mol. The molecule has 0 amide bonds. The smallest absolute Gasteiger partial charge is 0.258 e. The van der Waals surface area contributed by atoms with Gasteiger partial charge in [-0.1, -0.05) is 68.8 Å². The van der Waals surface area contributed by atoms with Gasteiger partial charge in [0.25, 0.3) is 5.69 Å². The van der Waals surface area contributed by atoms with Gasteiger partial charge < -0.3 is 0 Å². The number of hydrogen-bond donors (Lipinski definition) is 0. The fourth-order valence-electron chi connectivity index (χ4n) is 4.88. The summed E-state index contributed by atoms with van der Waals surface area (Å²) in [6.45, 7) is 37.5. The molecule has 6 aromatic carbocycles. The molecule has 0 heterocycles. The van der Waals surface area contributed by atoms with Crippen molar-refractivity contribution in [2.75, 3.05) is 0 Å². The Bertz CT molecular complexity index is 2840. The molecule has 0 saturated carbocycles. The van der Waals surface area contributed by atoms with E-state index in [0.29, 0.717) is 22.7 Å². The number of rotatable bonds is 9. The molecule has 68 heavy (non-hydrogen) atoms. The molecule has 0 aliphatic carbocycles. The summed E-state index contributed by atoms with van der Waals surface area (Å²) >= 11 is 0. The number of benzene rings is 6. The predicted octanol–water partition coefficient (Wildman–Crippen LogP) is 16.2. The first-order valence-electron chi connectivity index (χ1n) is 19.6. The summed E-state index contributed by atoms with van der Waals surface area (Å²) in [7, 11) is 0. The maximum Gasteiger partial charge on any atom is 0.269 e. The first kappa shape index (κ1) is 58.3. The summed E-state index contributed by atoms with van der Waals surface area (Å²) in [4.78, 5) is 38.9. The van der Waals surface area contributed by atoms with Crippen LogP contribution in [0.5, 0.6) is 0 Å². The first-order chi connectivity index (χ1) is 32.4. The van der Waals surface area contributed by atoms with Gasteiger partial charge in [0.2, 0.25) is 0 Å². The topological polar surface area (TPSA) is 126 Å². The molecule has 0 spiro atoms. The summed E-state index contributed by atoms with van der Waals surface area (Å²) in [5.41, 5.74) is 7.30. The lowest BCUT2D eigenvalue weighted by molar-refractivity contribution is -0.384. The predicted molar refractivity (Wildman–Crippen MR) is 280 cm³/mol. The standard InChI is InChI=1S/C11H13N.C10H8N2.C9H5FN2.C8H6FN.C8H6N2O2.C8H7N.CH4/c1-3-6-10-7-5-8-11(9-10)12-4-2;1-4-12-10-6-8(2)5-9(7-10)11-3;1-3-12-9-5-7(10)4-8(6-9)11-2;1-2-10-8-5-3-4-7(9)6-8;1-2-9-7-3-5-8(6-4-7)10(11)12;1-2-9-8-6-4-3-5-7-8;/h5,7-9H,2-3,6H2,1H3;5-7H,1H2,2H3;4-6H,1H2;3-6H,1H2;3-6H,1H2;3-7H,1H2;1H4. The highest BCUT2D eigenvalue weighted by molar-refractivity contribution is 5.63. The van der Waals surface area contributed by atoms with E-state index in [1.54, 1.807) is 18.2 Å². The molecular weight excluding hydrogens is 857 g/mol. The van der Waals surface area contributed by atoms with Gasteiger partial charge in [-0.15, -0.1) is 0 Å². The lowest BCUT2D eigenvalue weighted by Crippen LogP contribution is -1.85. The summed E-state index contributed by atoms with van der Waals surface area (Å²) in [5, 5.41) is 10.2. The summed E-state index contributed by atoms with van der Waals surface area (Å²) < 4.78 is 25.1. The van der Waals surface area contributed by atoms with E-state index in [2.05, 4.69) is 133 Å². The number of nitro benzene ring substituents is 1. The van der Waals surface area contributed by atoms with Crippen LogP contribution in [0, 0.1) is 41.8 Å². The van der Waals surface area contributed by atoms with Gasteiger partial charge in [-0.3, -0.25) is 10.1 Å². The maximum atomic E-state index is 12.7. The molecule has 13 heteroatoms. The van der Waals surface area contributed by atoms with Crippen LogP contribution in [0.15, 0.2) is 209 Å². The third kappa shape index (κ3) is 26.0. The van der Waals surface area contributed by atoms with Crippen LogP contribution in [0.25, 0.3) is 9.69 Å². The number of para-hydroxylation sites is 1. The molecule has 6 rings (SSSR count). The van der Waals surface area contributed by atoms with Crippen molar-refractivity contribution in [3.05, 3.63) is 235 Å². The molecule has 340 valence electrons. The van der Waals surface area contributed by atoms with Crippen LogP contribution in [-0.2, 0) is 6.42 Å². The Kier molecular flexibility index (Phi) is 30.6. The third-order valence-electron chi connectivity index (χ3n) is 7.50. The van der Waals surface area contributed by atoms with E-state index in [4.69, 9.17) is 13.1 Å². The van der Waals surface area contributed by atoms with Gasteiger partial charge in [-0.2, -0.15) is 0 Å². The maximum absolute atomic E-state index is 12.7. The van der Waals surface area contributed by atoms with E-state index in [9.17, 15) is 18.9 Å². The highest BCUT2D eigenvalue weighted by Gasteiger charge is 2.02. The van der Waals surface area contributed by atoms with Gasteiger partial charge in [-0.25, -0.2) is 48.4 Å². The number of nitro groups is 1. The van der Waals surface area contributed by atoms with Crippen LogP contribution in [0.2, 0.25) is 0 Å². The monoisotopic (exact) mass is 905 g/mol. The van der Waals surface area contributed by atoms with Crippen LogP contribution in [-0.4, -0.2) is 40.1 Å². The highest BCUT2D eigenvalue weighted by atomic mass is 19.1. The molecule has 0 bridgehead atoms. The Balaban J connectivity index is 0.000000792. The second-order valence-corrected chi connectivity index (χ2v) is 12.5. The minimum atomic E-state index is -0.475. The minimum absolute atomic E-state index is 0. The first-order valence-corrected chi connectivity index (χ1v) is 19.6. The molecule has 6 aromatic rings. The zero-order chi connectivity index (χ0) is 49.7. The Hall–Kier alpha value is -9.74. The van der Waals surface area contributed by atoms with Crippen LogP contribution < -0.4 is 0 Å². The lowest BCUT2D eigenvalue weighted by atomic mass is 10.1. The molecular formula is C55H49F2N9O2. The SMILES string of the molecule is C.C=C=Nc1ccc([N+](=O)[O-])cc1.C=C=Nc1cccc(CCC)c1.C=C=Nc1cccc(F)c1.C=C=Nc1ccccc1.[C-]#[N+]c1cc(C)cc(N=C=C)c1.[C-]#[N+]c1cc(F)cc(N=C=C)c1. The average Bonchev–Trinajstić information content (AvgIpc) is 3.31. The van der Waals surface area contributed by atoms with Gasteiger partial charge in [0.05, 0.1) is 52.2 Å². The van der Waals surface area contributed by atoms with Crippen LogP contribution in [0.1, 0.15) is 31.9 Å².